The monoisotopic (exact) mass is 286 g/mol. The molecule has 0 heterocycles. The summed E-state index contributed by atoms with van der Waals surface area (Å²) in [4.78, 5) is 10.6. The molecule has 1 N–H and O–H groups in total. The van der Waals surface area contributed by atoms with Crippen molar-refractivity contribution in [2.45, 2.75) is 6.92 Å². The lowest BCUT2D eigenvalue weighted by Gasteiger charge is -2.02. The summed E-state index contributed by atoms with van der Waals surface area (Å²) in [5.41, 5.74) is 0. The first-order valence-corrected chi connectivity index (χ1v) is 6.47. The zero-order valence-electron chi connectivity index (χ0n) is 11.9. The van der Waals surface area contributed by atoms with Gasteiger partial charge in [-0.25, -0.2) is 4.79 Å². The Bertz CT molecular complexity index is 564. The average Bonchev–Trinajstić information content (AvgIpc) is 2.51. The first kappa shape index (κ1) is 16.3. The van der Waals surface area contributed by atoms with Crippen LogP contribution in [0.4, 0.5) is 0 Å². The van der Waals surface area contributed by atoms with Gasteiger partial charge < -0.3 is 14.6 Å². The van der Waals surface area contributed by atoms with E-state index in [9.17, 15) is 4.79 Å². The Hall–Kier alpha value is -2.75. The smallest absolute Gasteiger partial charge is 0.335 e. The van der Waals surface area contributed by atoms with Crippen molar-refractivity contribution in [3.05, 3.63) is 67.3 Å². The molecular formula is C17H18O4. The second-order valence-electron chi connectivity index (χ2n) is 3.84. The molecule has 0 aliphatic carbocycles. The van der Waals surface area contributed by atoms with Crippen LogP contribution < -0.4 is 9.47 Å². The number of hydrogen-bond acceptors (Lipinski definition) is 4. The molecule has 0 saturated carbocycles. The third-order valence-electron chi connectivity index (χ3n) is 2.29. The van der Waals surface area contributed by atoms with Gasteiger partial charge in [0.25, 0.3) is 0 Å². The van der Waals surface area contributed by atoms with Gasteiger partial charge in [0, 0.05) is 6.08 Å². The molecule has 0 aliphatic rings. The number of benzene rings is 2. The lowest BCUT2D eigenvalue weighted by Crippen LogP contribution is -2.02. The SMILES string of the molecule is C=CC(=O)Oc1ccccc1.CCOc1ccccc1O. The van der Waals surface area contributed by atoms with E-state index >= 15 is 0 Å². The zero-order valence-corrected chi connectivity index (χ0v) is 11.9. The van der Waals surface area contributed by atoms with Crippen molar-refractivity contribution >= 4 is 5.97 Å². The van der Waals surface area contributed by atoms with Gasteiger partial charge in [0.2, 0.25) is 0 Å². The first-order valence-electron chi connectivity index (χ1n) is 6.47. The van der Waals surface area contributed by atoms with Crippen molar-refractivity contribution in [3.8, 4) is 17.2 Å². The number of rotatable bonds is 4. The van der Waals surface area contributed by atoms with E-state index < -0.39 is 5.97 Å². The molecule has 2 aromatic carbocycles. The maximum absolute atomic E-state index is 10.6. The van der Waals surface area contributed by atoms with Crippen LogP contribution in [0, 0.1) is 0 Å². The van der Waals surface area contributed by atoms with E-state index in [1.807, 2.05) is 19.1 Å². The first-order chi connectivity index (χ1) is 10.2. The van der Waals surface area contributed by atoms with Crippen LogP contribution >= 0.6 is 0 Å². The molecule has 2 aromatic rings. The van der Waals surface area contributed by atoms with E-state index in [1.165, 1.54) is 0 Å². The lowest BCUT2D eigenvalue weighted by molar-refractivity contribution is -0.128. The molecule has 4 heteroatoms. The van der Waals surface area contributed by atoms with Crippen LogP contribution in [0.2, 0.25) is 0 Å². The van der Waals surface area contributed by atoms with Gasteiger partial charge in [-0.05, 0) is 31.2 Å². The summed E-state index contributed by atoms with van der Waals surface area (Å²) in [6.45, 7) is 5.74. The summed E-state index contributed by atoms with van der Waals surface area (Å²) in [6.07, 6.45) is 1.13. The largest absolute Gasteiger partial charge is 0.504 e. The molecule has 0 unspecified atom stereocenters. The Morgan fingerprint density at radius 2 is 1.76 bits per heavy atom. The highest BCUT2D eigenvalue weighted by molar-refractivity contribution is 5.83. The van der Waals surface area contributed by atoms with Crippen molar-refractivity contribution in [3.63, 3.8) is 0 Å². The highest BCUT2D eigenvalue weighted by atomic mass is 16.5. The highest BCUT2D eigenvalue weighted by Crippen LogP contribution is 2.23. The van der Waals surface area contributed by atoms with Crippen molar-refractivity contribution in [2.24, 2.45) is 0 Å². The molecule has 0 saturated heterocycles. The fraction of sp³-hybridized carbons (Fsp3) is 0.118. The molecule has 21 heavy (non-hydrogen) atoms. The Kier molecular flexibility index (Phi) is 7.14. The number of hydrogen-bond donors (Lipinski definition) is 1. The van der Waals surface area contributed by atoms with Crippen LogP contribution in [0.25, 0.3) is 0 Å². The summed E-state index contributed by atoms with van der Waals surface area (Å²) in [7, 11) is 0. The minimum absolute atomic E-state index is 0.198. The molecule has 0 radical (unpaired) electrons. The van der Waals surface area contributed by atoms with E-state index in [0.717, 1.165) is 6.08 Å². The predicted octanol–water partition coefficient (Wildman–Crippen LogP) is 3.57. The van der Waals surface area contributed by atoms with Crippen LogP contribution in [0.15, 0.2) is 67.3 Å². The van der Waals surface area contributed by atoms with Gasteiger partial charge in [-0.1, -0.05) is 36.9 Å². The summed E-state index contributed by atoms with van der Waals surface area (Å²) in [6, 6.07) is 15.8. The standard InChI is InChI=1S/C9H8O2.C8H10O2/c1-2-9(10)11-8-6-4-3-5-7-8;1-2-10-8-6-4-3-5-7(8)9/h2-7H,1H2;3-6,9H,2H2,1H3. The van der Waals surface area contributed by atoms with E-state index in [2.05, 4.69) is 6.58 Å². The lowest BCUT2D eigenvalue weighted by atomic mass is 10.3. The minimum Gasteiger partial charge on any atom is -0.504 e. The number of carbonyl (C=O) groups is 1. The van der Waals surface area contributed by atoms with Gasteiger partial charge in [0.15, 0.2) is 11.5 Å². The molecule has 0 aliphatic heterocycles. The number of aromatic hydroxyl groups is 1. The summed E-state index contributed by atoms with van der Waals surface area (Å²) in [5.74, 6) is 0.850. The molecule has 4 nitrogen and oxygen atoms in total. The Morgan fingerprint density at radius 3 is 2.33 bits per heavy atom. The van der Waals surface area contributed by atoms with Crippen molar-refractivity contribution in [1.82, 2.24) is 0 Å². The van der Waals surface area contributed by atoms with Gasteiger partial charge in [-0.2, -0.15) is 0 Å². The Morgan fingerprint density at radius 1 is 1.14 bits per heavy atom. The number of carbonyl (C=O) groups excluding carboxylic acids is 1. The van der Waals surface area contributed by atoms with E-state index in [4.69, 9.17) is 14.6 Å². The van der Waals surface area contributed by atoms with Gasteiger partial charge in [0.05, 0.1) is 6.61 Å². The van der Waals surface area contributed by atoms with Crippen LogP contribution in [0.3, 0.4) is 0 Å². The maximum Gasteiger partial charge on any atom is 0.335 e. The van der Waals surface area contributed by atoms with Crippen molar-refractivity contribution < 1.29 is 19.4 Å². The Balaban J connectivity index is 0.000000211. The highest BCUT2D eigenvalue weighted by Gasteiger charge is 1.96. The van der Waals surface area contributed by atoms with Crippen molar-refractivity contribution in [1.29, 1.82) is 0 Å². The number of para-hydroxylation sites is 3. The number of phenolic OH excluding ortho intramolecular Hbond substituents is 1. The molecule has 0 fully saturated rings. The second-order valence-corrected chi connectivity index (χ2v) is 3.84. The van der Waals surface area contributed by atoms with Crippen LogP contribution in [-0.4, -0.2) is 17.7 Å². The molecule has 0 spiro atoms. The van der Waals surface area contributed by atoms with E-state index in [1.54, 1.807) is 42.5 Å². The normalized spacial score (nSPS) is 9.00. The number of esters is 1. The average molecular weight is 286 g/mol. The third-order valence-corrected chi connectivity index (χ3v) is 2.29. The molecule has 0 bridgehead atoms. The van der Waals surface area contributed by atoms with Crippen LogP contribution in [0.5, 0.6) is 17.2 Å². The quantitative estimate of drug-likeness (QED) is 0.530. The predicted molar refractivity (Wildman–Crippen MR) is 81.5 cm³/mol. The molecule has 0 atom stereocenters. The molecular weight excluding hydrogens is 268 g/mol. The van der Waals surface area contributed by atoms with Gasteiger partial charge in [-0.15, -0.1) is 0 Å². The topological polar surface area (TPSA) is 55.8 Å². The second kappa shape index (κ2) is 9.20. The number of phenols is 1. The molecule has 2 rings (SSSR count). The molecule has 0 amide bonds. The molecule has 110 valence electrons. The van der Waals surface area contributed by atoms with Crippen LogP contribution in [-0.2, 0) is 4.79 Å². The fourth-order valence-electron chi connectivity index (χ4n) is 1.38. The van der Waals surface area contributed by atoms with E-state index in [0.29, 0.717) is 18.1 Å². The third kappa shape index (κ3) is 6.29. The summed E-state index contributed by atoms with van der Waals surface area (Å²) >= 11 is 0. The maximum atomic E-state index is 10.6. The van der Waals surface area contributed by atoms with Gasteiger partial charge in [-0.3, -0.25) is 0 Å². The van der Waals surface area contributed by atoms with E-state index in [-0.39, 0.29) is 5.75 Å². The van der Waals surface area contributed by atoms with Gasteiger partial charge in [0.1, 0.15) is 5.75 Å². The summed E-state index contributed by atoms with van der Waals surface area (Å²) in [5, 5.41) is 9.12. The summed E-state index contributed by atoms with van der Waals surface area (Å²) < 4.78 is 9.89. The minimum atomic E-state index is -0.434. The fourth-order valence-corrected chi connectivity index (χ4v) is 1.38. The molecule has 0 aromatic heterocycles. The van der Waals surface area contributed by atoms with Gasteiger partial charge >= 0.3 is 5.97 Å². The van der Waals surface area contributed by atoms with Crippen molar-refractivity contribution in [2.75, 3.05) is 6.61 Å². The van der Waals surface area contributed by atoms with Crippen LogP contribution in [0.1, 0.15) is 6.92 Å². The Labute approximate surface area is 124 Å². The zero-order chi connectivity index (χ0) is 15.5. The number of ether oxygens (including phenoxy) is 2.